The Kier molecular flexibility index (Phi) is 4.80. The van der Waals surface area contributed by atoms with Crippen LogP contribution in [0.3, 0.4) is 0 Å². The molecule has 0 aliphatic carbocycles. The van der Waals surface area contributed by atoms with Crippen LogP contribution in [0.2, 0.25) is 0 Å². The molecule has 1 aromatic heterocycles. The highest BCUT2D eigenvalue weighted by molar-refractivity contribution is 7.90. The minimum Gasteiger partial charge on any atom is -0.598 e. The summed E-state index contributed by atoms with van der Waals surface area (Å²) in [6, 6.07) is 3.66. The average Bonchev–Trinajstić information content (AvgIpc) is 2.27. The second kappa shape index (κ2) is 5.71. The van der Waals surface area contributed by atoms with E-state index in [0.717, 1.165) is 11.4 Å². The van der Waals surface area contributed by atoms with Gasteiger partial charge in [-0.3, -0.25) is 4.98 Å². The third kappa shape index (κ3) is 4.18. The van der Waals surface area contributed by atoms with Gasteiger partial charge in [-0.05, 0) is 39.8 Å². The molecule has 1 N–H and O–H groups in total. The van der Waals surface area contributed by atoms with Gasteiger partial charge in [-0.2, -0.15) is 0 Å². The van der Waals surface area contributed by atoms with Gasteiger partial charge in [0.15, 0.2) is 0 Å². The van der Waals surface area contributed by atoms with Crippen molar-refractivity contribution in [2.75, 3.05) is 7.11 Å². The molecule has 1 unspecified atom stereocenters. The van der Waals surface area contributed by atoms with E-state index in [0.29, 0.717) is 0 Å². The first-order valence-corrected chi connectivity index (χ1v) is 6.67. The predicted molar refractivity (Wildman–Crippen MR) is 70.2 cm³/mol. The summed E-state index contributed by atoms with van der Waals surface area (Å²) in [4.78, 5) is 4.26. The second-order valence-corrected chi connectivity index (χ2v) is 6.84. The maximum Gasteiger partial charge on any atom is 0.137 e. The van der Waals surface area contributed by atoms with Crippen LogP contribution in [0.15, 0.2) is 18.3 Å². The summed E-state index contributed by atoms with van der Waals surface area (Å²) >= 11 is -1.10. The van der Waals surface area contributed by atoms with Crippen LogP contribution in [0.1, 0.15) is 39.4 Å². The maximum absolute atomic E-state index is 11.9. The van der Waals surface area contributed by atoms with Crippen LogP contribution in [-0.4, -0.2) is 21.4 Å². The number of nitrogens with zero attached hydrogens (tertiary/aromatic N) is 1. The first-order valence-electron chi connectivity index (χ1n) is 5.52. The topological polar surface area (TPSA) is 57.2 Å². The maximum atomic E-state index is 11.9. The van der Waals surface area contributed by atoms with Gasteiger partial charge in [0.1, 0.15) is 10.5 Å². The van der Waals surface area contributed by atoms with Crippen LogP contribution in [0, 0.1) is 0 Å². The van der Waals surface area contributed by atoms with Crippen molar-refractivity contribution in [3.63, 3.8) is 0 Å². The quantitative estimate of drug-likeness (QED) is 0.839. The molecule has 0 aliphatic rings. The van der Waals surface area contributed by atoms with Crippen LogP contribution >= 0.6 is 0 Å². The number of ether oxygens (including phenoxy) is 1. The van der Waals surface area contributed by atoms with E-state index in [1.807, 2.05) is 39.8 Å². The number of pyridine rings is 1. The minimum absolute atomic E-state index is 0.0547. The van der Waals surface area contributed by atoms with E-state index in [4.69, 9.17) is 4.74 Å². The van der Waals surface area contributed by atoms with Crippen molar-refractivity contribution in [3.05, 3.63) is 24.0 Å². The van der Waals surface area contributed by atoms with E-state index in [-0.39, 0.29) is 10.8 Å². The molecule has 1 rings (SSSR count). The summed E-state index contributed by atoms with van der Waals surface area (Å²) in [6.45, 7) is 7.75. The molecule has 4 nitrogen and oxygen atoms in total. The zero-order valence-corrected chi connectivity index (χ0v) is 11.8. The van der Waals surface area contributed by atoms with Gasteiger partial charge < -0.3 is 9.29 Å². The third-order valence-corrected chi connectivity index (χ3v) is 3.96. The van der Waals surface area contributed by atoms with Crippen molar-refractivity contribution in [1.82, 2.24) is 9.71 Å². The van der Waals surface area contributed by atoms with E-state index in [9.17, 15) is 4.55 Å². The number of hydrogen-bond acceptors (Lipinski definition) is 4. The molecule has 17 heavy (non-hydrogen) atoms. The average molecular weight is 256 g/mol. The number of hydrogen-bond donors (Lipinski definition) is 1. The van der Waals surface area contributed by atoms with E-state index in [1.54, 1.807) is 13.3 Å². The summed E-state index contributed by atoms with van der Waals surface area (Å²) in [6.07, 6.45) is 1.66. The standard InChI is InChI=1S/C12H20N2O2S/c1-9(14-17(15)12(2,3)4)11-7-6-10(16-5)8-13-11/h6-9,14H,1-5H3/t9-,17?/m1/s1. The largest absolute Gasteiger partial charge is 0.598 e. The van der Waals surface area contributed by atoms with Gasteiger partial charge in [0.05, 0.1) is 25.0 Å². The SMILES string of the molecule is COc1ccc([C@@H](C)N[S+]([O-])C(C)(C)C)nc1. The van der Waals surface area contributed by atoms with Gasteiger partial charge in [0.2, 0.25) is 0 Å². The van der Waals surface area contributed by atoms with Gasteiger partial charge in [-0.25, -0.2) is 0 Å². The fourth-order valence-corrected chi connectivity index (χ4v) is 1.96. The van der Waals surface area contributed by atoms with Gasteiger partial charge in [0, 0.05) is 11.4 Å². The van der Waals surface area contributed by atoms with E-state index in [2.05, 4.69) is 9.71 Å². The molecule has 5 heteroatoms. The van der Waals surface area contributed by atoms with Crippen molar-refractivity contribution in [2.24, 2.45) is 0 Å². The highest BCUT2D eigenvalue weighted by Gasteiger charge is 2.28. The molecular formula is C12H20N2O2S. The van der Waals surface area contributed by atoms with Crippen molar-refractivity contribution < 1.29 is 9.29 Å². The van der Waals surface area contributed by atoms with Crippen LogP contribution in [0.5, 0.6) is 5.75 Å². The minimum atomic E-state index is -1.10. The lowest BCUT2D eigenvalue weighted by molar-refractivity contribution is 0.412. The fourth-order valence-electron chi connectivity index (χ4n) is 1.17. The Hall–Kier alpha value is -0.780. The number of methoxy groups -OCH3 is 1. The molecule has 1 aromatic rings. The molecule has 0 radical (unpaired) electrons. The van der Waals surface area contributed by atoms with Crippen LogP contribution in [-0.2, 0) is 11.4 Å². The molecule has 0 bridgehead atoms. The number of rotatable bonds is 4. The van der Waals surface area contributed by atoms with Gasteiger partial charge in [-0.1, -0.05) is 0 Å². The van der Waals surface area contributed by atoms with Gasteiger partial charge in [-0.15, -0.1) is 4.72 Å². The molecule has 0 fully saturated rings. The zero-order chi connectivity index (χ0) is 13.1. The smallest absolute Gasteiger partial charge is 0.137 e. The normalized spacial score (nSPS) is 15.4. The Balaban J connectivity index is 2.66. The molecule has 0 spiro atoms. The van der Waals surface area contributed by atoms with Crippen molar-refractivity contribution in [1.29, 1.82) is 0 Å². The highest BCUT2D eigenvalue weighted by Crippen LogP contribution is 2.19. The summed E-state index contributed by atoms with van der Waals surface area (Å²) < 4.78 is 19.7. The highest BCUT2D eigenvalue weighted by atomic mass is 32.2. The molecule has 0 aliphatic heterocycles. The van der Waals surface area contributed by atoms with Crippen molar-refractivity contribution >= 4 is 11.4 Å². The summed E-state index contributed by atoms with van der Waals surface area (Å²) in [5.41, 5.74) is 0.850. The lowest BCUT2D eigenvalue weighted by atomic mass is 10.2. The molecular weight excluding hydrogens is 236 g/mol. The van der Waals surface area contributed by atoms with Crippen LogP contribution < -0.4 is 9.46 Å². The molecule has 0 amide bonds. The van der Waals surface area contributed by atoms with Gasteiger partial charge >= 0.3 is 0 Å². The van der Waals surface area contributed by atoms with E-state index < -0.39 is 11.4 Å². The molecule has 0 saturated heterocycles. The van der Waals surface area contributed by atoms with E-state index >= 15 is 0 Å². The lowest BCUT2D eigenvalue weighted by Gasteiger charge is -2.26. The Morgan fingerprint density at radius 1 is 1.41 bits per heavy atom. The molecule has 0 saturated carbocycles. The predicted octanol–water partition coefficient (Wildman–Crippen LogP) is 2.20. The van der Waals surface area contributed by atoms with E-state index in [1.165, 1.54) is 0 Å². The second-order valence-electron chi connectivity index (χ2n) is 4.84. The Morgan fingerprint density at radius 3 is 2.47 bits per heavy atom. The van der Waals surface area contributed by atoms with Crippen molar-refractivity contribution in [2.45, 2.75) is 38.5 Å². The molecule has 0 aromatic carbocycles. The lowest BCUT2D eigenvalue weighted by Crippen LogP contribution is -2.40. The first-order chi connectivity index (χ1) is 7.84. The monoisotopic (exact) mass is 256 g/mol. The van der Waals surface area contributed by atoms with Crippen molar-refractivity contribution in [3.8, 4) is 5.75 Å². The van der Waals surface area contributed by atoms with Crippen LogP contribution in [0.4, 0.5) is 0 Å². The Morgan fingerprint density at radius 2 is 2.06 bits per heavy atom. The van der Waals surface area contributed by atoms with Gasteiger partial charge in [0.25, 0.3) is 0 Å². The molecule has 96 valence electrons. The first kappa shape index (κ1) is 14.3. The summed E-state index contributed by atoms with van der Waals surface area (Å²) in [5.74, 6) is 0.720. The van der Waals surface area contributed by atoms with Crippen LogP contribution in [0.25, 0.3) is 0 Å². The third-order valence-electron chi connectivity index (χ3n) is 2.28. The Labute approximate surface area is 106 Å². The summed E-state index contributed by atoms with van der Waals surface area (Å²) in [5, 5.41) is 0. The Bertz CT molecular complexity index is 349. The molecule has 2 atom stereocenters. The number of aromatic nitrogens is 1. The fraction of sp³-hybridized carbons (Fsp3) is 0.583. The summed E-state index contributed by atoms with van der Waals surface area (Å²) in [7, 11) is 1.60. The number of nitrogens with one attached hydrogen (secondary N) is 1. The zero-order valence-electron chi connectivity index (χ0n) is 11.0. The molecule has 1 heterocycles.